The number of aryl methyl sites for hydroxylation is 1. The Morgan fingerprint density at radius 3 is 2.70 bits per heavy atom. The number of thiophene rings is 1. The van der Waals surface area contributed by atoms with Crippen LogP contribution < -0.4 is 10.1 Å². The van der Waals surface area contributed by atoms with Crippen molar-refractivity contribution in [2.45, 2.75) is 18.8 Å². The monoisotopic (exact) mass is 420 g/mol. The molecule has 1 spiro atoms. The van der Waals surface area contributed by atoms with E-state index in [9.17, 15) is 22.8 Å². The number of halogens is 4. The molecule has 3 heterocycles. The highest BCUT2D eigenvalue weighted by Gasteiger charge is 2.51. The number of hydrogen-bond acceptors (Lipinski definition) is 5. The van der Waals surface area contributed by atoms with Crippen LogP contribution >= 0.6 is 22.9 Å². The minimum atomic E-state index is -4.81. The number of nitrogens with one attached hydrogen (secondary N) is 1. The molecule has 0 radical (unpaired) electrons. The quantitative estimate of drug-likeness (QED) is 0.804. The number of nitrogens with zero attached hydrogens (tertiary/aromatic N) is 1. The van der Waals surface area contributed by atoms with E-state index in [1.54, 1.807) is 0 Å². The Morgan fingerprint density at radius 1 is 1.41 bits per heavy atom. The van der Waals surface area contributed by atoms with Crippen LogP contribution in [0.5, 0.6) is 5.75 Å². The van der Waals surface area contributed by atoms with Crippen LogP contribution in [0.3, 0.4) is 0 Å². The molecule has 11 heteroatoms. The molecule has 1 N–H and O–H groups in total. The lowest BCUT2D eigenvalue weighted by Gasteiger charge is -2.45. The third-order valence-electron chi connectivity index (χ3n) is 4.54. The number of hydrogen-bond donors (Lipinski definition) is 1. The summed E-state index contributed by atoms with van der Waals surface area (Å²) in [5, 5.41) is 3.35. The van der Waals surface area contributed by atoms with Crippen LogP contribution in [-0.2, 0) is 4.74 Å². The first-order chi connectivity index (χ1) is 12.6. The number of alkyl carbamates (subject to hydrolysis) is 1. The molecule has 1 aromatic heterocycles. The molecule has 144 valence electrons. The lowest BCUT2D eigenvalue weighted by Crippen LogP contribution is -2.69. The highest BCUT2D eigenvalue weighted by atomic mass is 35.5. The first-order valence-corrected chi connectivity index (χ1v) is 9.00. The van der Waals surface area contributed by atoms with Crippen LogP contribution in [-0.4, -0.2) is 48.5 Å². The average molecular weight is 421 g/mol. The van der Waals surface area contributed by atoms with Crippen LogP contribution in [0.4, 0.5) is 18.0 Å². The first kappa shape index (κ1) is 18.2. The number of ether oxygens (including phenoxy) is 2. The highest BCUT2D eigenvalue weighted by molar-refractivity contribution is 7.21. The zero-order chi connectivity index (χ0) is 19.6. The Morgan fingerprint density at radius 2 is 2.11 bits per heavy atom. The molecular formula is C16H12ClF3N2O4S. The van der Waals surface area contributed by atoms with E-state index >= 15 is 0 Å². The molecule has 2 fully saturated rings. The van der Waals surface area contributed by atoms with Gasteiger partial charge in [0, 0.05) is 28.7 Å². The molecule has 0 bridgehead atoms. The molecule has 6 nitrogen and oxygen atoms in total. The Bertz CT molecular complexity index is 969. The first-order valence-electron chi connectivity index (χ1n) is 7.80. The number of cyclic esters (lactones) is 1. The molecule has 1 aromatic carbocycles. The minimum absolute atomic E-state index is 0.188. The van der Waals surface area contributed by atoms with E-state index in [0.717, 1.165) is 11.3 Å². The maximum Gasteiger partial charge on any atom is 0.573 e. The molecular weight excluding hydrogens is 409 g/mol. The summed E-state index contributed by atoms with van der Waals surface area (Å²) in [5.74, 6) is -0.675. The second-order valence-corrected chi connectivity index (χ2v) is 7.90. The summed E-state index contributed by atoms with van der Waals surface area (Å²) >= 11 is 7.33. The predicted molar refractivity (Wildman–Crippen MR) is 91.4 cm³/mol. The Labute approximate surface area is 159 Å². The van der Waals surface area contributed by atoms with Crippen molar-refractivity contribution >= 4 is 45.0 Å². The lowest BCUT2D eigenvalue weighted by atomic mass is 9.91. The lowest BCUT2D eigenvalue weighted by molar-refractivity contribution is -0.274. The molecule has 0 saturated carbocycles. The van der Waals surface area contributed by atoms with Crippen LogP contribution in [0.2, 0.25) is 5.02 Å². The van der Waals surface area contributed by atoms with Crippen molar-refractivity contribution < 1.29 is 32.2 Å². The summed E-state index contributed by atoms with van der Waals surface area (Å²) in [6, 6.07) is 2.59. The second kappa shape index (κ2) is 5.90. The van der Waals surface area contributed by atoms with Crippen molar-refractivity contribution in [1.29, 1.82) is 0 Å². The smallest absolute Gasteiger partial charge is 0.447 e. The summed E-state index contributed by atoms with van der Waals surface area (Å²) < 4.78 is 46.9. The SMILES string of the molecule is Cc1c(OC(F)(F)F)ccc2c(Cl)c(C(=O)N3CC4(COC(=O)N4)C3)sc12. The van der Waals surface area contributed by atoms with Gasteiger partial charge in [-0.2, -0.15) is 0 Å². The van der Waals surface area contributed by atoms with Crippen LogP contribution in [0.1, 0.15) is 15.2 Å². The van der Waals surface area contributed by atoms with Crippen molar-refractivity contribution in [1.82, 2.24) is 10.2 Å². The predicted octanol–water partition coefficient (Wildman–Crippen LogP) is 3.70. The van der Waals surface area contributed by atoms with E-state index < -0.39 is 18.0 Å². The number of carbonyl (C=O) groups excluding carboxylic acids is 2. The average Bonchev–Trinajstić information content (AvgIpc) is 3.09. The minimum Gasteiger partial charge on any atom is -0.447 e. The Hall–Kier alpha value is -2.20. The second-order valence-electron chi connectivity index (χ2n) is 6.50. The number of likely N-dealkylation sites (tertiary alicyclic amines) is 1. The molecule has 2 aromatic rings. The fourth-order valence-electron chi connectivity index (χ4n) is 3.25. The van der Waals surface area contributed by atoms with E-state index in [0.29, 0.717) is 10.1 Å². The van der Waals surface area contributed by atoms with Crippen molar-refractivity contribution in [2.75, 3.05) is 19.7 Å². The fourth-order valence-corrected chi connectivity index (χ4v) is 4.82. The Kier molecular flexibility index (Phi) is 3.97. The number of alkyl halides is 3. The van der Waals surface area contributed by atoms with Crippen LogP contribution in [0.25, 0.3) is 10.1 Å². The van der Waals surface area contributed by atoms with Gasteiger partial charge in [-0.05, 0) is 19.1 Å². The van der Waals surface area contributed by atoms with E-state index in [1.807, 2.05) is 0 Å². The number of carbonyl (C=O) groups is 2. The van der Waals surface area contributed by atoms with Gasteiger partial charge in [0.1, 0.15) is 22.8 Å². The number of rotatable bonds is 2. The fraction of sp³-hybridized carbons (Fsp3) is 0.375. The van der Waals surface area contributed by atoms with Gasteiger partial charge in [0.15, 0.2) is 0 Å². The van der Waals surface area contributed by atoms with Gasteiger partial charge < -0.3 is 19.7 Å². The summed E-state index contributed by atoms with van der Waals surface area (Å²) in [6.07, 6.45) is -5.33. The number of benzene rings is 1. The topological polar surface area (TPSA) is 67.9 Å². The zero-order valence-corrected chi connectivity index (χ0v) is 15.3. The summed E-state index contributed by atoms with van der Waals surface area (Å²) in [4.78, 5) is 25.7. The molecule has 4 rings (SSSR count). The molecule has 2 aliphatic heterocycles. The standard InChI is InChI=1S/C16H12ClF3N2O4S/c1-7-9(26-16(18,19)20)3-2-8-10(17)12(27-11(7)8)13(23)22-4-15(5-22)6-25-14(24)21-15/h2-3H,4-6H2,1H3,(H,21,24). The Balaban J connectivity index is 1.61. The van der Waals surface area contributed by atoms with Gasteiger partial charge in [-0.1, -0.05) is 11.6 Å². The molecule has 0 unspecified atom stereocenters. The third-order valence-corrected chi connectivity index (χ3v) is 6.35. The van der Waals surface area contributed by atoms with Gasteiger partial charge in [-0.3, -0.25) is 4.79 Å². The van der Waals surface area contributed by atoms with Crippen molar-refractivity contribution in [3.8, 4) is 5.75 Å². The largest absolute Gasteiger partial charge is 0.573 e. The number of amides is 2. The van der Waals surface area contributed by atoms with Crippen LogP contribution in [0, 0.1) is 6.92 Å². The highest BCUT2D eigenvalue weighted by Crippen LogP contribution is 2.42. The normalized spacial score (nSPS) is 18.4. The van der Waals surface area contributed by atoms with E-state index in [2.05, 4.69) is 10.1 Å². The maximum absolute atomic E-state index is 12.8. The number of fused-ring (bicyclic) bond motifs is 1. The van der Waals surface area contributed by atoms with E-state index in [-0.39, 0.29) is 46.8 Å². The van der Waals surface area contributed by atoms with Gasteiger partial charge in [0.05, 0.1) is 5.02 Å². The zero-order valence-electron chi connectivity index (χ0n) is 13.8. The van der Waals surface area contributed by atoms with Crippen LogP contribution in [0.15, 0.2) is 12.1 Å². The van der Waals surface area contributed by atoms with Gasteiger partial charge >= 0.3 is 12.5 Å². The molecule has 2 aliphatic rings. The third kappa shape index (κ3) is 3.06. The molecule has 0 atom stereocenters. The van der Waals surface area contributed by atoms with Gasteiger partial charge in [-0.15, -0.1) is 24.5 Å². The summed E-state index contributed by atoms with van der Waals surface area (Å²) in [7, 11) is 0. The molecule has 2 saturated heterocycles. The van der Waals surface area contributed by atoms with E-state index in [4.69, 9.17) is 16.3 Å². The summed E-state index contributed by atoms with van der Waals surface area (Å²) in [6.45, 7) is 2.23. The summed E-state index contributed by atoms with van der Waals surface area (Å²) in [5.41, 5.74) is -0.313. The molecule has 0 aliphatic carbocycles. The van der Waals surface area contributed by atoms with Gasteiger partial charge in [-0.25, -0.2) is 4.79 Å². The maximum atomic E-state index is 12.8. The molecule has 27 heavy (non-hydrogen) atoms. The van der Waals surface area contributed by atoms with Crippen molar-refractivity contribution in [3.05, 3.63) is 27.6 Å². The van der Waals surface area contributed by atoms with Crippen molar-refractivity contribution in [2.24, 2.45) is 0 Å². The van der Waals surface area contributed by atoms with Gasteiger partial charge in [0.25, 0.3) is 5.91 Å². The van der Waals surface area contributed by atoms with Gasteiger partial charge in [0.2, 0.25) is 0 Å². The van der Waals surface area contributed by atoms with Crippen molar-refractivity contribution in [3.63, 3.8) is 0 Å². The molecule has 2 amide bonds. The van der Waals surface area contributed by atoms with E-state index in [1.165, 1.54) is 24.0 Å².